The van der Waals surface area contributed by atoms with E-state index >= 15 is 0 Å². The molecule has 0 unspecified atom stereocenters. The van der Waals surface area contributed by atoms with Gasteiger partial charge in [0.25, 0.3) is 5.91 Å². The van der Waals surface area contributed by atoms with E-state index in [1.165, 1.54) is 6.92 Å². The number of hydrogen-bond donors (Lipinski definition) is 2. The highest BCUT2D eigenvalue weighted by atomic mass is 16.5. The number of nitrogens with one attached hydrogen (secondary N) is 2. The molecule has 122 valence electrons. The van der Waals surface area contributed by atoms with Crippen molar-refractivity contribution in [3.05, 3.63) is 53.1 Å². The molecule has 3 rings (SSSR count). The predicted octanol–water partition coefficient (Wildman–Crippen LogP) is 3.45. The number of carbonyl (C=O) groups excluding carboxylic acids is 2. The largest absolute Gasteiger partial charge is 0.482 e. The van der Waals surface area contributed by atoms with Crippen LogP contribution in [0.4, 0.5) is 11.4 Å². The van der Waals surface area contributed by atoms with Crippen molar-refractivity contribution in [2.24, 2.45) is 0 Å². The molecular weight excluding hydrogens is 304 g/mol. The molecule has 0 aromatic heterocycles. The third-order valence-corrected chi connectivity index (χ3v) is 3.68. The Kier molecular flexibility index (Phi) is 4.33. The summed E-state index contributed by atoms with van der Waals surface area (Å²) >= 11 is 0. The number of benzene rings is 2. The van der Waals surface area contributed by atoms with Crippen LogP contribution in [-0.4, -0.2) is 18.4 Å². The van der Waals surface area contributed by atoms with Crippen LogP contribution < -0.4 is 15.4 Å². The first kappa shape index (κ1) is 15.8. The van der Waals surface area contributed by atoms with Gasteiger partial charge in [0.2, 0.25) is 5.91 Å². The predicted molar refractivity (Wildman–Crippen MR) is 95.0 cm³/mol. The van der Waals surface area contributed by atoms with Crippen molar-refractivity contribution in [3.8, 4) is 5.75 Å². The lowest BCUT2D eigenvalue weighted by Gasteiger charge is -2.17. The monoisotopic (exact) mass is 322 g/mol. The van der Waals surface area contributed by atoms with E-state index in [4.69, 9.17) is 4.74 Å². The van der Waals surface area contributed by atoms with Crippen LogP contribution in [0.3, 0.4) is 0 Å². The zero-order valence-electron chi connectivity index (χ0n) is 13.6. The summed E-state index contributed by atoms with van der Waals surface area (Å²) in [6, 6.07) is 11.4. The Bertz CT molecular complexity index is 841. The summed E-state index contributed by atoms with van der Waals surface area (Å²) < 4.78 is 5.35. The maximum absolute atomic E-state index is 11.4. The number of fused-ring (bicyclic) bond motifs is 1. The average Bonchev–Trinajstić information content (AvgIpc) is 2.53. The standard InChI is InChI=1S/C19H18N2O3/c1-12-9-16(20-13(2)22)7-6-15(12)5-3-14-4-8-18-17(10-14)21-19(23)11-24-18/h3-10H,11H2,1-2H3,(H,20,22)(H,21,23). The minimum atomic E-state index is -0.145. The minimum absolute atomic E-state index is 0.0576. The number of aryl methyl sites for hydroxylation is 1. The first-order chi connectivity index (χ1) is 11.5. The highest BCUT2D eigenvalue weighted by Gasteiger charge is 2.15. The van der Waals surface area contributed by atoms with Crippen molar-refractivity contribution in [1.29, 1.82) is 0 Å². The molecule has 24 heavy (non-hydrogen) atoms. The highest BCUT2D eigenvalue weighted by Crippen LogP contribution is 2.29. The van der Waals surface area contributed by atoms with Crippen molar-refractivity contribution in [3.63, 3.8) is 0 Å². The third-order valence-electron chi connectivity index (χ3n) is 3.68. The molecule has 5 nitrogen and oxygen atoms in total. The second-order valence-electron chi connectivity index (χ2n) is 5.68. The third kappa shape index (κ3) is 3.63. The van der Waals surface area contributed by atoms with Crippen molar-refractivity contribution >= 4 is 35.3 Å². The Morgan fingerprint density at radius 2 is 2.04 bits per heavy atom. The first-order valence-corrected chi connectivity index (χ1v) is 7.64. The molecule has 1 aliphatic heterocycles. The van der Waals surface area contributed by atoms with Crippen molar-refractivity contribution in [1.82, 2.24) is 0 Å². The van der Waals surface area contributed by atoms with Crippen LogP contribution in [0, 0.1) is 6.92 Å². The Morgan fingerprint density at radius 3 is 2.79 bits per heavy atom. The lowest BCUT2D eigenvalue weighted by atomic mass is 10.1. The van der Waals surface area contributed by atoms with E-state index in [9.17, 15) is 9.59 Å². The normalized spacial score (nSPS) is 13.2. The summed E-state index contributed by atoms with van der Waals surface area (Å²) in [5, 5.41) is 5.57. The molecule has 0 bridgehead atoms. The summed E-state index contributed by atoms with van der Waals surface area (Å²) in [5.41, 5.74) is 4.55. The first-order valence-electron chi connectivity index (χ1n) is 7.64. The van der Waals surface area contributed by atoms with E-state index in [0.29, 0.717) is 11.4 Å². The van der Waals surface area contributed by atoms with Gasteiger partial charge < -0.3 is 15.4 Å². The van der Waals surface area contributed by atoms with E-state index in [1.807, 2.05) is 55.5 Å². The van der Waals surface area contributed by atoms with Crippen LogP contribution in [0.15, 0.2) is 36.4 Å². The SMILES string of the molecule is CC(=O)Nc1ccc(C=Cc2ccc3c(c2)NC(=O)CO3)c(C)c1. The molecule has 5 heteroatoms. The topological polar surface area (TPSA) is 67.4 Å². The van der Waals surface area contributed by atoms with Gasteiger partial charge in [0.05, 0.1) is 5.69 Å². The molecule has 0 fully saturated rings. The number of anilines is 2. The fourth-order valence-corrected chi connectivity index (χ4v) is 2.53. The lowest BCUT2D eigenvalue weighted by molar-refractivity contribution is -0.118. The fraction of sp³-hybridized carbons (Fsp3) is 0.158. The van der Waals surface area contributed by atoms with E-state index in [2.05, 4.69) is 10.6 Å². The smallest absolute Gasteiger partial charge is 0.262 e. The van der Waals surface area contributed by atoms with E-state index < -0.39 is 0 Å². The lowest BCUT2D eigenvalue weighted by Crippen LogP contribution is -2.25. The Balaban J connectivity index is 1.80. The fourth-order valence-electron chi connectivity index (χ4n) is 2.53. The quantitative estimate of drug-likeness (QED) is 0.851. The molecule has 1 heterocycles. The second-order valence-corrected chi connectivity index (χ2v) is 5.68. The molecule has 2 aromatic rings. The Hall–Kier alpha value is -3.08. The van der Waals surface area contributed by atoms with Gasteiger partial charge in [-0.15, -0.1) is 0 Å². The molecule has 0 saturated heterocycles. The number of ether oxygens (including phenoxy) is 1. The van der Waals surface area contributed by atoms with Crippen LogP contribution >= 0.6 is 0 Å². The van der Waals surface area contributed by atoms with Gasteiger partial charge in [0.15, 0.2) is 6.61 Å². The van der Waals surface area contributed by atoms with Crippen molar-refractivity contribution < 1.29 is 14.3 Å². The van der Waals surface area contributed by atoms with E-state index in [-0.39, 0.29) is 18.4 Å². The van der Waals surface area contributed by atoms with E-state index in [1.54, 1.807) is 0 Å². The van der Waals surface area contributed by atoms with Crippen LogP contribution in [0.5, 0.6) is 5.75 Å². The summed E-state index contributed by atoms with van der Waals surface area (Å²) in [6.45, 7) is 3.54. The van der Waals surface area contributed by atoms with Crippen LogP contribution in [0.2, 0.25) is 0 Å². The maximum atomic E-state index is 11.4. The van der Waals surface area contributed by atoms with Gasteiger partial charge in [0, 0.05) is 12.6 Å². The van der Waals surface area contributed by atoms with Gasteiger partial charge in [-0.25, -0.2) is 0 Å². The molecule has 2 aromatic carbocycles. The number of rotatable bonds is 3. The average molecular weight is 322 g/mol. The summed E-state index contributed by atoms with van der Waals surface area (Å²) in [5.74, 6) is 0.451. The van der Waals surface area contributed by atoms with E-state index in [0.717, 1.165) is 22.4 Å². The molecule has 0 atom stereocenters. The number of amides is 2. The summed E-state index contributed by atoms with van der Waals surface area (Å²) in [6.07, 6.45) is 3.97. The maximum Gasteiger partial charge on any atom is 0.262 e. The minimum Gasteiger partial charge on any atom is -0.482 e. The molecule has 0 spiro atoms. The second kappa shape index (κ2) is 6.58. The zero-order chi connectivity index (χ0) is 17.1. The summed E-state index contributed by atoms with van der Waals surface area (Å²) in [4.78, 5) is 22.5. The van der Waals surface area contributed by atoms with Gasteiger partial charge >= 0.3 is 0 Å². The molecule has 1 aliphatic rings. The van der Waals surface area contributed by atoms with Crippen LogP contribution in [0.25, 0.3) is 12.2 Å². The van der Waals surface area contributed by atoms with Gasteiger partial charge in [0.1, 0.15) is 5.75 Å². The van der Waals surface area contributed by atoms with Crippen molar-refractivity contribution in [2.75, 3.05) is 17.2 Å². The molecular formula is C19H18N2O3. The van der Waals surface area contributed by atoms with Crippen LogP contribution in [-0.2, 0) is 9.59 Å². The molecule has 0 aliphatic carbocycles. The van der Waals surface area contributed by atoms with Gasteiger partial charge in [-0.2, -0.15) is 0 Å². The number of carbonyl (C=O) groups is 2. The van der Waals surface area contributed by atoms with Crippen LogP contribution in [0.1, 0.15) is 23.6 Å². The molecule has 0 radical (unpaired) electrons. The van der Waals surface area contributed by atoms with Crippen molar-refractivity contribution in [2.45, 2.75) is 13.8 Å². The molecule has 2 amide bonds. The Labute approximate surface area is 140 Å². The molecule has 0 saturated carbocycles. The van der Waals surface area contributed by atoms with Gasteiger partial charge in [-0.05, 0) is 47.9 Å². The highest BCUT2D eigenvalue weighted by molar-refractivity contribution is 5.96. The van der Waals surface area contributed by atoms with Gasteiger partial charge in [-0.3, -0.25) is 9.59 Å². The zero-order valence-corrected chi connectivity index (χ0v) is 13.6. The molecule has 2 N–H and O–H groups in total. The summed E-state index contributed by atoms with van der Waals surface area (Å²) in [7, 11) is 0. The Morgan fingerprint density at radius 1 is 1.21 bits per heavy atom. The van der Waals surface area contributed by atoms with Gasteiger partial charge in [-0.1, -0.05) is 24.3 Å². The number of hydrogen-bond acceptors (Lipinski definition) is 3.